The molecule has 0 radical (unpaired) electrons. The molecule has 0 unspecified atom stereocenters. The molecule has 0 fully saturated rings. The highest BCUT2D eigenvalue weighted by Crippen LogP contribution is 2.21. The Bertz CT molecular complexity index is 1170. The first-order valence-electron chi connectivity index (χ1n) is 10.9. The summed E-state index contributed by atoms with van der Waals surface area (Å²) in [5.74, 6) is 1.13. The van der Waals surface area contributed by atoms with Gasteiger partial charge in [-0.3, -0.25) is 4.68 Å². The summed E-state index contributed by atoms with van der Waals surface area (Å²) in [6, 6.07) is 16.7. The van der Waals surface area contributed by atoms with Crippen molar-refractivity contribution in [3.8, 4) is 0 Å². The van der Waals surface area contributed by atoms with Crippen LogP contribution in [0.5, 0.6) is 0 Å². The van der Waals surface area contributed by atoms with Gasteiger partial charge in [-0.15, -0.1) is 0 Å². The van der Waals surface area contributed by atoms with Gasteiger partial charge >= 0.3 is 0 Å². The Hall–Kier alpha value is -2.63. The Balaban J connectivity index is 1.40. The molecule has 0 saturated heterocycles. The highest BCUT2D eigenvalue weighted by atomic mass is 35.5. The SMILES string of the molecule is Cc1nn(Cc2ccc(Cl)cc2)c(C)c1CNCCc1nc2ccccc2n1C(C)C. The zero-order valence-corrected chi connectivity index (χ0v) is 19.4. The molecule has 4 aromatic rings. The molecule has 4 rings (SSSR count). The third kappa shape index (κ3) is 4.68. The highest BCUT2D eigenvalue weighted by molar-refractivity contribution is 6.30. The fraction of sp³-hybridized carbons (Fsp3) is 0.360. The van der Waals surface area contributed by atoms with Crippen molar-refractivity contribution in [3.05, 3.63) is 81.9 Å². The number of halogens is 1. The molecule has 1 N–H and O–H groups in total. The average molecular weight is 436 g/mol. The molecule has 0 bridgehead atoms. The van der Waals surface area contributed by atoms with Crippen molar-refractivity contribution in [3.63, 3.8) is 0 Å². The molecule has 31 heavy (non-hydrogen) atoms. The lowest BCUT2D eigenvalue weighted by molar-refractivity contribution is 0.568. The van der Waals surface area contributed by atoms with E-state index in [1.54, 1.807) is 0 Å². The topological polar surface area (TPSA) is 47.7 Å². The largest absolute Gasteiger partial charge is 0.325 e. The number of imidazole rings is 1. The second-order valence-electron chi connectivity index (χ2n) is 8.34. The van der Waals surface area contributed by atoms with E-state index >= 15 is 0 Å². The minimum Gasteiger partial charge on any atom is -0.325 e. The van der Waals surface area contributed by atoms with Crippen LogP contribution in [-0.2, 0) is 19.5 Å². The number of nitrogens with zero attached hydrogens (tertiary/aromatic N) is 4. The Labute approximate surface area is 189 Å². The minimum atomic E-state index is 0.387. The highest BCUT2D eigenvalue weighted by Gasteiger charge is 2.14. The van der Waals surface area contributed by atoms with Gasteiger partial charge in [0.25, 0.3) is 0 Å². The number of nitrogens with one attached hydrogen (secondary N) is 1. The molecule has 0 amide bonds. The number of hydrogen-bond donors (Lipinski definition) is 1. The first-order chi connectivity index (χ1) is 14.9. The lowest BCUT2D eigenvalue weighted by atomic mass is 10.2. The standard InChI is InChI=1S/C25H30ClN5/c1-17(2)31-24-8-6-5-7-23(24)28-25(31)13-14-27-15-22-18(3)29-30(19(22)4)16-20-9-11-21(26)12-10-20/h5-12,17,27H,13-16H2,1-4H3. The predicted molar refractivity (Wildman–Crippen MR) is 128 cm³/mol. The monoisotopic (exact) mass is 435 g/mol. The van der Waals surface area contributed by atoms with Gasteiger partial charge in [0.05, 0.1) is 23.3 Å². The van der Waals surface area contributed by atoms with Crippen molar-refractivity contribution in [2.45, 2.75) is 53.2 Å². The van der Waals surface area contributed by atoms with Crippen LogP contribution in [0, 0.1) is 13.8 Å². The van der Waals surface area contributed by atoms with Gasteiger partial charge in [0, 0.05) is 41.8 Å². The smallest absolute Gasteiger partial charge is 0.111 e. The van der Waals surface area contributed by atoms with Crippen LogP contribution < -0.4 is 5.32 Å². The van der Waals surface area contributed by atoms with E-state index in [4.69, 9.17) is 21.7 Å². The van der Waals surface area contributed by atoms with Crippen LogP contribution in [0.2, 0.25) is 5.02 Å². The van der Waals surface area contributed by atoms with E-state index in [1.165, 1.54) is 22.3 Å². The third-order valence-corrected chi connectivity index (χ3v) is 6.04. The van der Waals surface area contributed by atoms with Gasteiger partial charge in [0.1, 0.15) is 5.82 Å². The second kappa shape index (κ2) is 9.25. The molecule has 5 nitrogen and oxygen atoms in total. The Morgan fingerprint density at radius 2 is 1.77 bits per heavy atom. The maximum Gasteiger partial charge on any atom is 0.111 e. The summed E-state index contributed by atoms with van der Waals surface area (Å²) in [4.78, 5) is 4.87. The number of aryl methyl sites for hydroxylation is 1. The van der Waals surface area contributed by atoms with Gasteiger partial charge in [-0.1, -0.05) is 35.9 Å². The molecule has 2 aromatic carbocycles. The number of benzene rings is 2. The summed E-state index contributed by atoms with van der Waals surface area (Å²) in [7, 11) is 0. The van der Waals surface area contributed by atoms with Crippen LogP contribution in [-0.4, -0.2) is 25.9 Å². The summed E-state index contributed by atoms with van der Waals surface area (Å²) in [6.07, 6.45) is 0.893. The van der Waals surface area contributed by atoms with Crippen LogP contribution in [0.4, 0.5) is 0 Å². The van der Waals surface area contributed by atoms with Crippen LogP contribution in [0.25, 0.3) is 11.0 Å². The molecule has 0 aliphatic rings. The van der Waals surface area contributed by atoms with E-state index in [9.17, 15) is 0 Å². The van der Waals surface area contributed by atoms with Crippen LogP contribution in [0.15, 0.2) is 48.5 Å². The van der Waals surface area contributed by atoms with E-state index < -0.39 is 0 Å². The summed E-state index contributed by atoms with van der Waals surface area (Å²) >= 11 is 6.00. The fourth-order valence-corrected chi connectivity index (χ4v) is 4.29. The van der Waals surface area contributed by atoms with Crippen molar-refractivity contribution in [1.82, 2.24) is 24.6 Å². The average Bonchev–Trinajstić information content (AvgIpc) is 3.24. The summed E-state index contributed by atoms with van der Waals surface area (Å²) < 4.78 is 4.42. The quantitative estimate of drug-likeness (QED) is 0.373. The van der Waals surface area contributed by atoms with E-state index in [2.05, 4.69) is 78.7 Å². The molecule has 0 saturated carbocycles. The van der Waals surface area contributed by atoms with Crippen LogP contribution in [0.3, 0.4) is 0 Å². The van der Waals surface area contributed by atoms with Gasteiger partial charge in [-0.2, -0.15) is 5.10 Å². The molecule has 2 aromatic heterocycles. The zero-order valence-electron chi connectivity index (χ0n) is 18.7. The second-order valence-corrected chi connectivity index (χ2v) is 8.78. The normalized spacial score (nSPS) is 11.7. The van der Waals surface area contributed by atoms with Crippen molar-refractivity contribution in [2.75, 3.05) is 6.54 Å². The lowest BCUT2D eigenvalue weighted by Gasteiger charge is -2.13. The van der Waals surface area contributed by atoms with E-state index in [-0.39, 0.29) is 0 Å². The maximum atomic E-state index is 6.00. The van der Waals surface area contributed by atoms with Gasteiger partial charge in [0.15, 0.2) is 0 Å². The van der Waals surface area contributed by atoms with Crippen molar-refractivity contribution < 1.29 is 0 Å². The third-order valence-electron chi connectivity index (χ3n) is 5.79. The van der Waals surface area contributed by atoms with Gasteiger partial charge in [-0.05, 0) is 57.5 Å². The fourth-order valence-electron chi connectivity index (χ4n) is 4.17. The van der Waals surface area contributed by atoms with Crippen molar-refractivity contribution in [2.24, 2.45) is 0 Å². The zero-order chi connectivity index (χ0) is 22.0. The Kier molecular flexibility index (Phi) is 6.44. The maximum absolute atomic E-state index is 6.00. The molecule has 2 heterocycles. The number of rotatable bonds is 8. The molecule has 6 heteroatoms. The van der Waals surface area contributed by atoms with Gasteiger partial charge in [-0.25, -0.2) is 4.98 Å². The van der Waals surface area contributed by atoms with E-state index in [0.717, 1.165) is 48.1 Å². The number of aromatic nitrogens is 4. The first kappa shape index (κ1) is 21.6. The molecular formula is C25H30ClN5. The summed E-state index contributed by atoms with van der Waals surface area (Å²) in [5.41, 5.74) is 7.03. The van der Waals surface area contributed by atoms with E-state index in [1.807, 2.05) is 12.1 Å². The molecule has 0 aliphatic carbocycles. The van der Waals surface area contributed by atoms with Crippen LogP contribution in [0.1, 0.15) is 48.2 Å². The number of para-hydroxylation sites is 2. The predicted octanol–water partition coefficient (Wildman–Crippen LogP) is 5.46. The Morgan fingerprint density at radius 1 is 1.03 bits per heavy atom. The molecule has 162 valence electrons. The molecule has 0 atom stereocenters. The number of fused-ring (bicyclic) bond motifs is 1. The minimum absolute atomic E-state index is 0.387. The number of hydrogen-bond acceptors (Lipinski definition) is 3. The van der Waals surface area contributed by atoms with E-state index in [0.29, 0.717) is 6.04 Å². The first-order valence-corrected chi connectivity index (χ1v) is 11.3. The lowest BCUT2D eigenvalue weighted by Crippen LogP contribution is -2.20. The Morgan fingerprint density at radius 3 is 2.52 bits per heavy atom. The molecular weight excluding hydrogens is 406 g/mol. The molecule has 0 aliphatic heterocycles. The van der Waals surface area contributed by atoms with Gasteiger partial charge < -0.3 is 9.88 Å². The van der Waals surface area contributed by atoms with Crippen molar-refractivity contribution >= 4 is 22.6 Å². The van der Waals surface area contributed by atoms with Crippen LogP contribution >= 0.6 is 11.6 Å². The summed E-state index contributed by atoms with van der Waals surface area (Å²) in [5, 5.41) is 9.12. The van der Waals surface area contributed by atoms with Crippen molar-refractivity contribution in [1.29, 1.82) is 0 Å². The molecule has 0 spiro atoms. The summed E-state index contributed by atoms with van der Waals surface area (Å²) in [6.45, 7) is 11.1. The van der Waals surface area contributed by atoms with Gasteiger partial charge in [0.2, 0.25) is 0 Å².